The fourth-order valence-corrected chi connectivity index (χ4v) is 4.92. The zero-order chi connectivity index (χ0) is 22.8. The molecule has 0 saturated carbocycles. The highest BCUT2D eigenvalue weighted by atomic mass is 16.3. The molecule has 0 aliphatic carbocycles. The molecule has 5 rings (SSSR count). The van der Waals surface area contributed by atoms with E-state index in [1.54, 1.807) is 18.4 Å². The van der Waals surface area contributed by atoms with E-state index in [1.807, 2.05) is 36.4 Å². The highest BCUT2D eigenvalue weighted by Gasteiger charge is 2.32. The van der Waals surface area contributed by atoms with Gasteiger partial charge in [0.15, 0.2) is 0 Å². The summed E-state index contributed by atoms with van der Waals surface area (Å²) in [6.07, 6.45) is 4.62. The molecule has 1 unspecified atom stereocenters. The van der Waals surface area contributed by atoms with Gasteiger partial charge in [-0.05, 0) is 62.0 Å². The summed E-state index contributed by atoms with van der Waals surface area (Å²) in [6.45, 7) is 2.68. The van der Waals surface area contributed by atoms with Crippen molar-refractivity contribution in [1.29, 1.82) is 0 Å². The van der Waals surface area contributed by atoms with Gasteiger partial charge < -0.3 is 9.73 Å². The van der Waals surface area contributed by atoms with Gasteiger partial charge in [-0.3, -0.25) is 24.2 Å². The van der Waals surface area contributed by atoms with Crippen molar-refractivity contribution >= 4 is 28.5 Å². The van der Waals surface area contributed by atoms with Crippen molar-refractivity contribution in [3.05, 3.63) is 71.7 Å². The molecule has 0 bridgehead atoms. The Morgan fingerprint density at radius 2 is 1.67 bits per heavy atom. The number of nitrogens with zero attached hydrogens (tertiary/aromatic N) is 2. The maximum atomic E-state index is 13.0. The Bertz CT molecular complexity index is 1130. The van der Waals surface area contributed by atoms with Crippen molar-refractivity contribution in [3.63, 3.8) is 0 Å². The van der Waals surface area contributed by atoms with E-state index in [-0.39, 0.29) is 36.7 Å². The number of rotatable bonds is 8. The lowest BCUT2D eigenvalue weighted by atomic mass is 9.94. The largest absolute Gasteiger partial charge is 0.468 e. The number of benzene rings is 2. The second kappa shape index (κ2) is 9.19. The summed E-state index contributed by atoms with van der Waals surface area (Å²) in [4.78, 5) is 42.1. The molecule has 2 aliphatic heterocycles. The highest BCUT2D eigenvalue weighted by molar-refractivity contribution is 6.25. The standard InChI is InChI=1S/C26H27N3O4/c30-23(27-17-21(22-11-6-16-33-22)28-13-1-2-14-28)12-5-15-29-25(31)19-9-3-7-18-8-4-10-20(24(18)19)26(29)32/h3-4,6-11,16,21H,1-2,5,12-15,17H2,(H,27,30). The zero-order valence-electron chi connectivity index (χ0n) is 18.5. The first kappa shape index (κ1) is 21.4. The van der Waals surface area contributed by atoms with E-state index in [1.165, 1.54) is 4.90 Å². The third-order valence-corrected chi connectivity index (χ3v) is 6.59. The molecule has 1 saturated heterocycles. The van der Waals surface area contributed by atoms with Crippen LogP contribution in [-0.4, -0.2) is 53.7 Å². The van der Waals surface area contributed by atoms with E-state index in [4.69, 9.17) is 4.42 Å². The average Bonchev–Trinajstić information content (AvgIpc) is 3.55. The topological polar surface area (TPSA) is 82.9 Å². The Kier molecular flexibility index (Phi) is 5.96. The number of carbonyl (C=O) groups is 3. The number of furan rings is 1. The first-order valence-corrected chi connectivity index (χ1v) is 11.6. The minimum absolute atomic E-state index is 0.0219. The number of nitrogens with one attached hydrogen (secondary N) is 1. The van der Waals surface area contributed by atoms with Crippen LogP contribution in [0.2, 0.25) is 0 Å². The molecule has 1 fully saturated rings. The second-order valence-corrected chi connectivity index (χ2v) is 8.65. The predicted molar refractivity (Wildman–Crippen MR) is 124 cm³/mol. The first-order chi connectivity index (χ1) is 16.1. The fraction of sp³-hybridized carbons (Fsp3) is 0.346. The summed E-state index contributed by atoms with van der Waals surface area (Å²) < 4.78 is 5.60. The minimum Gasteiger partial charge on any atom is -0.468 e. The molecule has 1 aromatic heterocycles. The maximum absolute atomic E-state index is 13.0. The van der Waals surface area contributed by atoms with Gasteiger partial charge in [0.05, 0.1) is 12.3 Å². The summed E-state index contributed by atoms with van der Waals surface area (Å²) in [5, 5.41) is 4.61. The number of hydrogen-bond acceptors (Lipinski definition) is 5. The molecule has 2 aliphatic rings. The molecule has 3 heterocycles. The van der Waals surface area contributed by atoms with Crippen LogP contribution in [0.4, 0.5) is 0 Å². The van der Waals surface area contributed by atoms with Gasteiger partial charge in [0.2, 0.25) is 5.91 Å². The molecule has 1 N–H and O–H groups in total. The number of imide groups is 1. The lowest BCUT2D eigenvalue weighted by Crippen LogP contribution is -2.41. The number of carbonyl (C=O) groups excluding carboxylic acids is 3. The third-order valence-electron chi connectivity index (χ3n) is 6.59. The van der Waals surface area contributed by atoms with E-state index in [2.05, 4.69) is 10.2 Å². The van der Waals surface area contributed by atoms with Crippen molar-refractivity contribution in [1.82, 2.24) is 15.1 Å². The van der Waals surface area contributed by atoms with Crippen LogP contribution in [0.25, 0.3) is 10.8 Å². The van der Waals surface area contributed by atoms with Crippen LogP contribution in [0.15, 0.2) is 59.2 Å². The van der Waals surface area contributed by atoms with Crippen molar-refractivity contribution < 1.29 is 18.8 Å². The molecule has 33 heavy (non-hydrogen) atoms. The van der Waals surface area contributed by atoms with E-state index in [0.29, 0.717) is 24.1 Å². The fourth-order valence-electron chi connectivity index (χ4n) is 4.92. The van der Waals surface area contributed by atoms with Gasteiger partial charge in [-0.2, -0.15) is 0 Å². The Labute approximate surface area is 192 Å². The lowest BCUT2D eigenvalue weighted by molar-refractivity contribution is -0.121. The van der Waals surface area contributed by atoms with Crippen LogP contribution in [0, 0.1) is 0 Å². The number of likely N-dealkylation sites (tertiary alicyclic amines) is 1. The minimum atomic E-state index is -0.295. The van der Waals surface area contributed by atoms with Crippen molar-refractivity contribution in [2.24, 2.45) is 0 Å². The molecule has 7 heteroatoms. The lowest BCUT2D eigenvalue weighted by Gasteiger charge is -2.27. The van der Waals surface area contributed by atoms with Crippen LogP contribution in [0.3, 0.4) is 0 Å². The molecule has 170 valence electrons. The Morgan fingerprint density at radius 1 is 0.970 bits per heavy atom. The van der Waals surface area contributed by atoms with E-state index in [0.717, 1.165) is 42.5 Å². The highest BCUT2D eigenvalue weighted by Crippen LogP contribution is 2.30. The summed E-state index contributed by atoms with van der Waals surface area (Å²) >= 11 is 0. The molecule has 0 radical (unpaired) electrons. The van der Waals surface area contributed by atoms with Crippen molar-refractivity contribution in [2.75, 3.05) is 26.2 Å². The Hall–Kier alpha value is -3.45. The van der Waals surface area contributed by atoms with Crippen LogP contribution in [0.1, 0.15) is 58.2 Å². The SMILES string of the molecule is O=C(CCCN1C(=O)c2cccc3cccc(c23)C1=O)NCC(c1ccco1)N1CCCC1. The van der Waals surface area contributed by atoms with E-state index >= 15 is 0 Å². The monoisotopic (exact) mass is 445 g/mol. The third kappa shape index (κ3) is 4.16. The van der Waals surface area contributed by atoms with Crippen molar-refractivity contribution in [2.45, 2.75) is 31.7 Å². The van der Waals surface area contributed by atoms with Crippen LogP contribution >= 0.6 is 0 Å². The molecular weight excluding hydrogens is 418 g/mol. The van der Waals surface area contributed by atoms with E-state index < -0.39 is 0 Å². The van der Waals surface area contributed by atoms with Gasteiger partial charge in [0, 0.05) is 36.0 Å². The van der Waals surface area contributed by atoms with Gasteiger partial charge >= 0.3 is 0 Å². The van der Waals surface area contributed by atoms with Gasteiger partial charge in [-0.15, -0.1) is 0 Å². The van der Waals surface area contributed by atoms with Gasteiger partial charge in [-0.25, -0.2) is 0 Å². The molecule has 2 aromatic carbocycles. The first-order valence-electron chi connectivity index (χ1n) is 11.6. The predicted octanol–water partition coefficient (Wildman–Crippen LogP) is 3.76. The number of hydrogen-bond donors (Lipinski definition) is 1. The normalized spacial score (nSPS) is 17.0. The second-order valence-electron chi connectivity index (χ2n) is 8.65. The quantitative estimate of drug-likeness (QED) is 0.534. The molecule has 7 nitrogen and oxygen atoms in total. The molecule has 1 atom stereocenters. The van der Waals surface area contributed by atoms with Crippen LogP contribution in [-0.2, 0) is 4.79 Å². The molecule has 3 amide bonds. The van der Waals surface area contributed by atoms with Gasteiger partial charge in [0.25, 0.3) is 11.8 Å². The van der Waals surface area contributed by atoms with E-state index in [9.17, 15) is 14.4 Å². The Balaban J connectivity index is 1.18. The van der Waals surface area contributed by atoms with Crippen LogP contribution in [0.5, 0.6) is 0 Å². The summed E-state index contributed by atoms with van der Waals surface area (Å²) in [5.74, 6) is 0.174. The molecular formula is C26H27N3O4. The summed E-state index contributed by atoms with van der Waals surface area (Å²) in [6, 6.07) is 14.8. The smallest absolute Gasteiger partial charge is 0.261 e. The molecule has 3 aromatic rings. The molecule has 0 spiro atoms. The summed E-state index contributed by atoms with van der Waals surface area (Å²) in [7, 11) is 0. The van der Waals surface area contributed by atoms with Crippen LogP contribution < -0.4 is 5.32 Å². The Morgan fingerprint density at radius 3 is 2.30 bits per heavy atom. The van der Waals surface area contributed by atoms with Gasteiger partial charge in [0.1, 0.15) is 5.76 Å². The average molecular weight is 446 g/mol. The van der Waals surface area contributed by atoms with Crippen molar-refractivity contribution in [3.8, 4) is 0 Å². The summed E-state index contributed by atoms with van der Waals surface area (Å²) in [5.41, 5.74) is 1.08. The maximum Gasteiger partial charge on any atom is 0.261 e. The van der Waals surface area contributed by atoms with Gasteiger partial charge in [-0.1, -0.05) is 24.3 Å². The zero-order valence-corrected chi connectivity index (χ0v) is 18.5. The number of amides is 3.